The zero-order valence-corrected chi connectivity index (χ0v) is 20.9. The van der Waals surface area contributed by atoms with Crippen LogP contribution in [0, 0.1) is 25.6 Å². The third-order valence-electron chi connectivity index (χ3n) is 3.71. The van der Waals surface area contributed by atoms with Crippen molar-refractivity contribution in [3.8, 4) is 12.8 Å². The Morgan fingerprint density at radius 3 is 2.03 bits per heavy atom. The van der Waals surface area contributed by atoms with Crippen LogP contribution in [0.3, 0.4) is 0 Å². The van der Waals surface area contributed by atoms with Gasteiger partial charge in [0.15, 0.2) is 0 Å². The van der Waals surface area contributed by atoms with E-state index in [4.69, 9.17) is 10.2 Å². The highest BCUT2D eigenvalue weighted by Crippen LogP contribution is 2.32. The average molecular weight is 460 g/mol. The second-order valence-electron chi connectivity index (χ2n) is 7.46. The van der Waals surface area contributed by atoms with E-state index in [0.717, 1.165) is 19.0 Å². The molecular weight excluding hydrogens is 421 g/mol. The molecule has 0 spiro atoms. The van der Waals surface area contributed by atoms with Crippen molar-refractivity contribution in [2.45, 2.75) is 46.6 Å². The molecule has 1 aromatic rings. The molecule has 0 aliphatic carbocycles. The number of amides is 1. The van der Waals surface area contributed by atoms with Crippen molar-refractivity contribution >= 4 is 17.8 Å². The van der Waals surface area contributed by atoms with Gasteiger partial charge in [-0.3, -0.25) is 4.79 Å². The predicted molar refractivity (Wildman–Crippen MR) is 136 cm³/mol. The maximum absolute atomic E-state index is 13.5. The Hall–Kier alpha value is -3.27. The molecule has 0 saturated heterocycles. The molecule has 0 bridgehead atoms. The Morgan fingerprint density at radius 1 is 1.21 bits per heavy atom. The van der Waals surface area contributed by atoms with Gasteiger partial charge in [-0.25, -0.2) is 4.39 Å². The standard InChI is InChI=1S/C20H22FNO2.C4H10O.C2H2.CH4O/c1-6-8-16(7-2)20(18-10-9-17(21)13-14(18)3)19(11-12-23)22(5)15(4)24;1-4(2,3)5;2*1-2/h6-10,12-13H,1-2,11H2,3-5H3;5H,1-3H3;1-2H;2H,1H3/b16-8+,20-19+;;;. The molecule has 1 amide bonds. The summed E-state index contributed by atoms with van der Waals surface area (Å²) in [5.41, 5.74) is 2.81. The second-order valence-corrected chi connectivity index (χ2v) is 7.46. The number of hydrogen-bond donors (Lipinski definition) is 2. The van der Waals surface area contributed by atoms with E-state index in [2.05, 4.69) is 26.0 Å². The van der Waals surface area contributed by atoms with E-state index in [1.54, 1.807) is 59.0 Å². The van der Waals surface area contributed by atoms with Gasteiger partial charge in [0.05, 0.1) is 5.60 Å². The number of carbonyl (C=O) groups excluding carboxylic acids is 2. The van der Waals surface area contributed by atoms with Crippen molar-refractivity contribution in [2.75, 3.05) is 14.2 Å². The summed E-state index contributed by atoms with van der Waals surface area (Å²) in [6, 6.07) is 4.40. The van der Waals surface area contributed by atoms with Crippen LogP contribution in [-0.2, 0) is 9.59 Å². The van der Waals surface area contributed by atoms with E-state index in [9.17, 15) is 14.0 Å². The summed E-state index contributed by atoms with van der Waals surface area (Å²) < 4.78 is 13.5. The maximum Gasteiger partial charge on any atom is 0.223 e. The maximum atomic E-state index is 13.5. The largest absolute Gasteiger partial charge is 0.400 e. The molecule has 5 nitrogen and oxygen atoms in total. The van der Waals surface area contributed by atoms with Gasteiger partial charge in [0, 0.05) is 38.8 Å². The van der Waals surface area contributed by atoms with E-state index in [0.29, 0.717) is 22.4 Å². The number of aliphatic hydroxyl groups excluding tert-OH is 1. The van der Waals surface area contributed by atoms with Crippen molar-refractivity contribution in [2.24, 2.45) is 0 Å². The molecule has 0 saturated carbocycles. The first-order valence-corrected chi connectivity index (χ1v) is 10.0. The molecule has 0 aliphatic heterocycles. The van der Waals surface area contributed by atoms with Crippen molar-refractivity contribution in [1.29, 1.82) is 0 Å². The minimum atomic E-state index is -0.500. The third-order valence-corrected chi connectivity index (χ3v) is 3.71. The molecule has 0 heterocycles. The molecule has 6 heteroatoms. The van der Waals surface area contributed by atoms with Crippen molar-refractivity contribution in [3.63, 3.8) is 0 Å². The van der Waals surface area contributed by atoms with Gasteiger partial charge < -0.3 is 19.9 Å². The van der Waals surface area contributed by atoms with Crippen molar-refractivity contribution in [3.05, 3.63) is 77.8 Å². The number of hydrogen-bond acceptors (Lipinski definition) is 4. The Kier molecular flexibility index (Phi) is 19.1. The predicted octanol–water partition coefficient (Wildman–Crippen LogP) is 4.85. The number of aldehydes is 1. The summed E-state index contributed by atoms with van der Waals surface area (Å²) >= 11 is 0. The minimum Gasteiger partial charge on any atom is -0.400 e. The zero-order chi connectivity index (χ0) is 26.8. The normalized spacial score (nSPS) is 11.0. The summed E-state index contributed by atoms with van der Waals surface area (Å²) in [6.07, 6.45) is 13.7. The molecule has 2 N–H and O–H groups in total. The van der Waals surface area contributed by atoms with Crippen LogP contribution in [-0.4, -0.2) is 47.1 Å². The van der Waals surface area contributed by atoms with Gasteiger partial charge in [-0.1, -0.05) is 37.5 Å². The summed E-state index contributed by atoms with van der Waals surface area (Å²) in [7, 11) is 2.61. The molecule has 0 aromatic heterocycles. The average Bonchev–Trinajstić information content (AvgIpc) is 2.74. The van der Waals surface area contributed by atoms with Crippen LogP contribution < -0.4 is 0 Å². The molecule has 1 rings (SSSR count). The number of rotatable bonds is 7. The van der Waals surface area contributed by atoms with Crippen LogP contribution >= 0.6 is 0 Å². The fraction of sp³-hybridized carbons (Fsp3) is 0.333. The molecule has 182 valence electrons. The van der Waals surface area contributed by atoms with Gasteiger partial charge in [0.1, 0.15) is 12.1 Å². The van der Waals surface area contributed by atoms with Gasteiger partial charge in [0.2, 0.25) is 5.91 Å². The van der Waals surface area contributed by atoms with Crippen LogP contribution in [0.15, 0.2) is 60.9 Å². The molecule has 1 aromatic carbocycles. The van der Waals surface area contributed by atoms with Gasteiger partial charge in [-0.15, -0.1) is 12.8 Å². The molecular formula is C27H38FNO4. The second kappa shape index (κ2) is 18.3. The van der Waals surface area contributed by atoms with Gasteiger partial charge >= 0.3 is 0 Å². The Labute approximate surface area is 198 Å². The highest BCUT2D eigenvalue weighted by Gasteiger charge is 2.19. The van der Waals surface area contributed by atoms with Crippen LogP contribution in [0.1, 0.15) is 45.2 Å². The van der Waals surface area contributed by atoms with Crippen molar-refractivity contribution in [1.82, 2.24) is 4.90 Å². The lowest BCUT2D eigenvalue weighted by molar-refractivity contribution is -0.125. The summed E-state index contributed by atoms with van der Waals surface area (Å²) in [4.78, 5) is 24.5. The van der Waals surface area contributed by atoms with E-state index in [-0.39, 0.29) is 18.1 Å². The SMILES string of the molecule is C#C.C=C/C=C(C=C)/C(=C(/CC=O)N(C)C(C)=O)c1ccc(F)cc1C.CC(C)(C)O.CO. The fourth-order valence-electron chi connectivity index (χ4n) is 2.44. The molecule has 33 heavy (non-hydrogen) atoms. The van der Waals surface area contributed by atoms with Gasteiger partial charge in [-0.05, 0) is 56.5 Å². The van der Waals surface area contributed by atoms with E-state index >= 15 is 0 Å². The molecule has 0 radical (unpaired) electrons. The topological polar surface area (TPSA) is 77.8 Å². The highest BCUT2D eigenvalue weighted by atomic mass is 19.1. The quantitative estimate of drug-likeness (QED) is 0.347. The minimum absolute atomic E-state index is 0.0462. The molecule has 0 aliphatic rings. The summed E-state index contributed by atoms with van der Waals surface area (Å²) in [5.74, 6) is -0.550. The lowest BCUT2D eigenvalue weighted by atomic mass is 9.90. The number of halogens is 1. The zero-order valence-electron chi connectivity index (χ0n) is 20.9. The van der Waals surface area contributed by atoms with E-state index in [1.165, 1.54) is 24.0 Å². The highest BCUT2D eigenvalue weighted by molar-refractivity contribution is 5.89. The molecule has 0 unspecified atom stereocenters. The summed E-state index contributed by atoms with van der Waals surface area (Å²) in [6.45, 7) is 15.9. The first-order valence-electron chi connectivity index (χ1n) is 10.0. The monoisotopic (exact) mass is 459 g/mol. The van der Waals surface area contributed by atoms with Gasteiger partial charge in [-0.2, -0.15) is 0 Å². The Morgan fingerprint density at radius 2 is 1.70 bits per heavy atom. The number of aliphatic hydroxyl groups is 2. The number of aryl methyl sites for hydroxylation is 1. The first kappa shape index (κ1) is 34.3. The first-order chi connectivity index (χ1) is 15.4. The van der Waals surface area contributed by atoms with E-state index < -0.39 is 5.60 Å². The number of terminal acetylenes is 1. The van der Waals surface area contributed by atoms with Crippen LogP contribution in [0.4, 0.5) is 4.39 Å². The number of allylic oxidation sites excluding steroid dienone is 6. The lowest BCUT2D eigenvalue weighted by Crippen LogP contribution is -2.25. The van der Waals surface area contributed by atoms with E-state index in [1.807, 2.05) is 0 Å². The van der Waals surface area contributed by atoms with Crippen LogP contribution in [0.2, 0.25) is 0 Å². The lowest BCUT2D eigenvalue weighted by Gasteiger charge is -2.24. The summed E-state index contributed by atoms with van der Waals surface area (Å²) in [5, 5.41) is 15.5. The third kappa shape index (κ3) is 14.4. The fourth-order valence-corrected chi connectivity index (χ4v) is 2.44. The number of benzene rings is 1. The Bertz CT molecular complexity index is 853. The van der Waals surface area contributed by atoms with Crippen molar-refractivity contribution < 1.29 is 24.2 Å². The van der Waals surface area contributed by atoms with Gasteiger partial charge in [0.25, 0.3) is 0 Å². The van der Waals surface area contributed by atoms with Crippen LogP contribution in [0.25, 0.3) is 5.57 Å². The molecule has 0 atom stereocenters. The smallest absolute Gasteiger partial charge is 0.223 e. The Balaban J connectivity index is -0.000000862. The number of nitrogens with zero attached hydrogens (tertiary/aromatic N) is 1. The molecule has 0 fully saturated rings. The number of carbonyl (C=O) groups is 2. The van der Waals surface area contributed by atoms with Crippen LogP contribution in [0.5, 0.6) is 0 Å².